The predicted molar refractivity (Wildman–Crippen MR) is 72.0 cm³/mol. The van der Waals surface area contributed by atoms with Gasteiger partial charge in [0.1, 0.15) is 5.82 Å². The zero-order valence-electron chi connectivity index (χ0n) is 11.0. The van der Waals surface area contributed by atoms with Crippen LogP contribution in [0.2, 0.25) is 5.02 Å². The van der Waals surface area contributed by atoms with E-state index < -0.39 is 0 Å². The Morgan fingerprint density at radius 1 is 1.41 bits per heavy atom. The maximum Gasteiger partial charge on any atom is 0.127 e. The molecular weight excluding hydrogens is 237 g/mol. The van der Waals surface area contributed by atoms with E-state index in [9.17, 15) is 4.39 Å². The fraction of sp³-hybridized carbons (Fsp3) is 0.571. The predicted octanol–water partition coefficient (Wildman–Crippen LogP) is 3.90. The summed E-state index contributed by atoms with van der Waals surface area (Å²) >= 11 is 6.08. The molecule has 96 valence electrons. The van der Waals surface area contributed by atoms with E-state index in [1.807, 2.05) is 7.05 Å². The van der Waals surface area contributed by atoms with Crippen LogP contribution < -0.4 is 5.32 Å². The molecule has 0 radical (unpaired) electrons. The normalized spacial score (nSPS) is 15.0. The summed E-state index contributed by atoms with van der Waals surface area (Å²) in [6, 6.07) is 4.87. The summed E-state index contributed by atoms with van der Waals surface area (Å²) < 4.78 is 13.8. The lowest BCUT2D eigenvalue weighted by Gasteiger charge is -2.34. The van der Waals surface area contributed by atoms with Crippen molar-refractivity contribution in [3.63, 3.8) is 0 Å². The first-order valence-electron chi connectivity index (χ1n) is 5.98. The molecule has 0 aliphatic carbocycles. The number of halogens is 2. The summed E-state index contributed by atoms with van der Waals surface area (Å²) in [7, 11) is 1.92. The molecule has 1 nitrogen and oxygen atoms in total. The van der Waals surface area contributed by atoms with E-state index in [0.717, 1.165) is 6.54 Å². The van der Waals surface area contributed by atoms with Gasteiger partial charge in [0.05, 0.1) is 0 Å². The quantitative estimate of drug-likeness (QED) is 0.844. The van der Waals surface area contributed by atoms with Crippen molar-refractivity contribution in [1.82, 2.24) is 5.32 Å². The van der Waals surface area contributed by atoms with Crippen LogP contribution in [0.4, 0.5) is 4.39 Å². The molecule has 0 heterocycles. The molecule has 1 atom stereocenters. The van der Waals surface area contributed by atoms with Gasteiger partial charge in [0.2, 0.25) is 0 Å². The summed E-state index contributed by atoms with van der Waals surface area (Å²) in [5.41, 5.74) is 0.626. The topological polar surface area (TPSA) is 12.0 Å². The lowest BCUT2D eigenvalue weighted by molar-refractivity contribution is 0.210. The summed E-state index contributed by atoms with van der Waals surface area (Å²) in [5, 5.41) is 3.70. The molecule has 0 aromatic heterocycles. The van der Waals surface area contributed by atoms with Crippen LogP contribution >= 0.6 is 11.6 Å². The third-order valence-corrected chi connectivity index (χ3v) is 3.97. The Bertz CT molecular complexity index is 358. The van der Waals surface area contributed by atoms with Crippen molar-refractivity contribution >= 4 is 11.6 Å². The standard InChI is InChI=1S/C14H21ClFN/c1-10(2)14(3,9-17-4)8-11-12(15)6-5-7-13(11)16/h5-7,10,17H,8-9H2,1-4H3. The first kappa shape index (κ1) is 14.5. The van der Waals surface area contributed by atoms with E-state index in [4.69, 9.17) is 11.6 Å². The molecule has 0 spiro atoms. The third-order valence-electron chi connectivity index (χ3n) is 3.62. The Morgan fingerprint density at radius 3 is 2.53 bits per heavy atom. The molecule has 1 aromatic carbocycles. The maximum atomic E-state index is 13.8. The smallest absolute Gasteiger partial charge is 0.127 e. The van der Waals surface area contributed by atoms with Gasteiger partial charge >= 0.3 is 0 Å². The Hall–Kier alpha value is -0.600. The van der Waals surface area contributed by atoms with Gasteiger partial charge in [0, 0.05) is 17.1 Å². The Morgan fingerprint density at radius 2 is 2.06 bits per heavy atom. The highest BCUT2D eigenvalue weighted by Crippen LogP contribution is 2.34. The monoisotopic (exact) mass is 257 g/mol. The van der Waals surface area contributed by atoms with Crippen LogP contribution in [0, 0.1) is 17.2 Å². The Labute approximate surface area is 108 Å². The second-order valence-electron chi connectivity index (χ2n) is 5.22. The van der Waals surface area contributed by atoms with Crippen LogP contribution in [0.5, 0.6) is 0 Å². The molecule has 1 rings (SSSR count). The summed E-state index contributed by atoms with van der Waals surface area (Å²) in [6.07, 6.45) is 0.650. The summed E-state index contributed by atoms with van der Waals surface area (Å²) in [4.78, 5) is 0. The van der Waals surface area contributed by atoms with Crippen LogP contribution in [0.15, 0.2) is 18.2 Å². The number of hydrogen-bond acceptors (Lipinski definition) is 1. The van der Waals surface area contributed by atoms with Crippen molar-refractivity contribution in [3.8, 4) is 0 Å². The highest BCUT2D eigenvalue weighted by atomic mass is 35.5. The molecule has 1 aromatic rings. The van der Waals surface area contributed by atoms with E-state index in [0.29, 0.717) is 22.9 Å². The number of hydrogen-bond donors (Lipinski definition) is 1. The second-order valence-corrected chi connectivity index (χ2v) is 5.62. The van der Waals surface area contributed by atoms with Crippen molar-refractivity contribution in [1.29, 1.82) is 0 Å². The first-order chi connectivity index (χ1) is 7.90. The molecule has 0 fully saturated rings. The zero-order valence-corrected chi connectivity index (χ0v) is 11.7. The van der Waals surface area contributed by atoms with E-state index in [-0.39, 0.29) is 11.2 Å². The summed E-state index contributed by atoms with van der Waals surface area (Å²) in [5.74, 6) is 0.242. The van der Waals surface area contributed by atoms with Crippen molar-refractivity contribution < 1.29 is 4.39 Å². The molecular formula is C14H21ClFN. The molecule has 0 saturated heterocycles. The van der Waals surface area contributed by atoms with Crippen molar-refractivity contribution in [3.05, 3.63) is 34.6 Å². The van der Waals surface area contributed by atoms with Crippen molar-refractivity contribution in [2.75, 3.05) is 13.6 Å². The van der Waals surface area contributed by atoms with Gasteiger partial charge in [-0.3, -0.25) is 0 Å². The number of benzene rings is 1. The van der Waals surface area contributed by atoms with Crippen LogP contribution in [0.1, 0.15) is 26.3 Å². The average molecular weight is 258 g/mol. The van der Waals surface area contributed by atoms with Gasteiger partial charge in [0.15, 0.2) is 0 Å². The van der Waals surface area contributed by atoms with Crippen LogP contribution in [0.3, 0.4) is 0 Å². The average Bonchev–Trinajstić information content (AvgIpc) is 2.24. The first-order valence-corrected chi connectivity index (χ1v) is 6.36. The van der Waals surface area contributed by atoms with Gasteiger partial charge in [-0.15, -0.1) is 0 Å². The highest BCUT2D eigenvalue weighted by molar-refractivity contribution is 6.31. The molecule has 17 heavy (non-hydrogen) atoms. The lowest BCUT2D eigenvalue weighted by Crippen LogP contribution is -2.36. The molecule has 0 aliphatic rings. The molecule has 0 aliphatic heterocycles. The van der Waals surface area contributed by atoms with E-state index in [2.05, 4.69) is 26.1 Å². The largest absolute Gasteiger partial charge is 0.319 e. The van der Waals surface area contributed by atoms with Crippen molar-refractivity contribution in [2.24, 2.45) is 11.3 Å². The molecule has 0 bridgehead atoms. The van der Waals surface area contributed by atoms with Crippen LogP contribution in [0.25, 0.3) is 0 Å². The van der Waals surface area contributed by atoms with Gasteiger partial charge in [0.25, 0.3) is 0 Å². The van der Waals surface area contributed by atoms with Gasteiger partial charge in [-0.25, -0.2) is 4.39 Å². The van der Waals surface area contributed by atoms with Gasteiger partial charge in [-0.2, -0.15) is 0 Å². The van der Waals surface area contributed by atoms with Gasteiger partial charge < -0.3 is 5.32 Å². The van der Waals surface area contributed by atoms with E-state index in [1.54, 1.807) is 12.1 Å². The van der Waals surface area contributed by atoms with E-state index >= 15 is 0 Å². The maximum absolute atomic E-state index is 13.8. The van der Waals surface area contributed by atoms with Crippen molar-refractivity contribution in [2.45, 2.75) is 27.2 Å². The minimum Gasteiger partial charge on any atom is -0.319 e. The van der Waals surface area contributed by atoms with E-state index in [1.165, 1.54) is 6.07 Å². The van der Waals surface area contributed by atoms with Gasteiger partial charge in [-0.1, -0.05) is 38.4 Å². The zero-order chi connectivity index (χ0) is 13.1. The Balaban J connectivity index is 3.02. The fourth-order valence-corrected chi connectivity index (χ4v) is 2.21. The lowest BCUT2D eigenvalue weighted by atomic mass is 9.74. The summed E-state index contributed by atoms with van der Waals surface area (Å²) in [6.45, 7) is 7.32. The number of rotatable bonds is 5. The fourth-order valence-electron chi connectivity index (χ4n) is 1.98. The Kier molecular flexibility index (Phi) is 4.96. The highest BCUT2D eigenvalue weighted by Gasteiger charge is 2.29. The minimum atomic E-state index is -0.208. The minimum absolute atomic E-state index is 0.000579. The second kappa shape index (κ2) is 5.83. The molecule has 1 N–H and O–H groups in total. The third kappa shape index (κ3) is 3.43. The molecule has 1 unspecified atom stereocenters. The SMILES string of the molecule is CNCC(C)(Cc1c(F)cccc1Cl)C(C)C. The molecule has 0 saturated carbocycles. The van der Waals surface area contributed by atoms with Gasteiger partial charge in [-0.05, 0) is 36.9 Å². The number of nitrogens with one attached hydrogen (secondary N) is 1. The molecule has 3 heteroatoms. The van der Waals surface area contributed by atoms with Crippen LogP contribution in [-0.4, -0.2) is 13.6 Å². The molecule has 0 amide bonds. The van der Waals surface area contributed by atoms with Crippen LogP contribution in [-0.2, 0) is 6.42 Å².